The van der Waals surface area contributed by atoms with Crippen molar-refractivity contribution >= 4 is 5.91 Å². The van der Waals surface area contributed by atoms with Gasteiger partial charge in [-0.3, -0.25) is 4.79 Å². The van der Waals surface area contributed by atoms with Gasteiger partial charge in [-0.05, 0) is 19.4 Å². The molecule has 2 unspecified atom stereocenters. The van der Waals surface area contributed by atoms with Crippen LogP contribution in [0.4, 0.5) is 0 Å². The van der Waals surface area contributed by atoms with E-state index in [-0.39, 0.29) is 18.1 Å². The molecule has 0 aromatic carbocycles. The fraction of sp³-hybridized carbons (Fsp3) is 0.917. The molecule has 98 valence electrons. The molecule has 2 aliphatic rings. The molecule has 2 aliphatic heterocycles. The molecule has 5 heteroatoms. The van der Waals surface area contributed by atoms with Crippen LogP contribution in [0.25, 0.3) is 0 Å². The van der Waals surface area contributed by atoms with Gasteiger partial charge in [0.25, 0.3) is 0 Å². The van der Waals surface area contributed by atoms with Crippen molar-refractivity contribution in [2.45, 2.75) is 31.9 Å². The Morgan fingerprint density at radius 2 is 2.35 bits per heavy atom. The molecule has 2 heterocycles. The van der Waals surface area contributed by atoms with E-state index >= 15 is 0 Å². The van der Waals surface area contributed by atoms with Gasteiger partial charge in [-0.2, -0.15) is 0 Å². The highest BCUT2D eigenvalue weighted by molar-refractivity contribution is 5.84. The van der Waals surface area contributed by atoms with Crippen LogP contribution in [-0.4, -0.2) is 62.4 Å². The Morgan fingerprint density at radius 3 is 3.06 bits per heavy atom. The first kappa shape index (κ1) is 12.8. The summed E-state index contributed by atoms with van der Waals surface area (Å²) in [6, 6.07) is 0.0134. The number of carbonyl (C=O) groups is 1. The Balaban J connectivity index is 1.76. The van der Waals surface area contributed by atoms with Gasteiger partial charge >= 0.3 is 0 Å². The SMILES string of the molecule is CCCNC1CCN(CC2COCCO2)C1=O. The number of amides is 1. The minimum absolute atomic E-state index is 0.0134. The van der Waals surface area contributed by atoms with E-state index in [9.17, 15) is 4.79 Å². The van der Waals surface area contributed by atoms with Crippen LogP contribution in [-0.2, 0) is 14.3 Å². The zero-order valence-corrected chi connectivity index (χ0v) is 10.5. The minimum atomic E-state index is 0.0134. The molecule has 2 fully saturated rings. The fourth-order valence-corrected chi connectivity index (χ4v) is 2.32. The molecule has 0 saturated carbocycles. The molecule has 0 aliphatic carbocycles. The summed E-state index contributed by atoms with van der Waals surface area (Å²) < 4.78 is 10.9. The van der Waals surface area contributed by atoms with E-state index in [1.165, 1.54) is 0 Å². The third kappa shape index (κ3) is 3.40. The summed E-state index contributed by atoms with van der Waals surface area (Å²) in [6.45, 7) is 6.44. The first-order valence-corrected chi connectivity index (χ1v) is 6.52. The zero-order chi connectivity index (χ0) is 12.1. The second kappa shape index (κ2) is 6.33. The van der Waals surface area contributed by atoms with E-state index in [0.717, 1.165) is 25.9 Å². The van der Waals surface area contributed by atoms with Gasteiger partial charge in [0.1, 0.15) is 0 Å². The number of carbonyl (C=O) groups excluding carboxylic acids is 1. The molecule has 0 aromatic heterocycles. The lowest BCUT2D eigenvalue weighted by Crippen LogP contribution is -2.44. The number of hydrogen-bond acceptors (Lipinski definition) is 4. The summed E-state index contributed by atoms with van der Waals surface area (Å²) in [6.07, 6.45) is 2.02. The van der Waals surface area contributed by atoms with Crippen molar-refractivity contribution in [3.63, 3.8) is 0 Å². The third-order valence-corrected chi connectivity index (χ3v) is 3.25. The average Bonchev–Trinajstić information content (AvgIpc) is 2.70. The normalized spacial score (nSPS) is 29.9. The van der Waals surface area contributed by atoms with Crippen LogP contribution in [0.1, 0.15) is 19.8 Å². The topological polar surface area (TPSA) is 50.8 Å². The van der Waals surface area contributed by atoms with Crippen LogP contribution in [0, 0.1) is 0 Å². The van der Waals surface area contributed by atoms with Crippen molar-refractivity contribution in [2.75, 3.05) is 39.5 Å². The maximum Gasteiger partial charge on any atom is 0.239 e. The minimum Gasteiger partial charge on any atom is -0.376 e. The maximum absolute atomic E-state index is 12.1. The summed E-state index contributed by atoms with van der Waals surface area (Å²) in [4.78, 5) is 13.9. The van der Waals surface area contributed by atoms with Crippen molar-refractivity contribution in [1.82, 2.24) is 10.2 Å². The number of hydrogen-bond donors (Lipinski definition) is 1. The van der Waals surface area contributed by atoms with E-state index in [1.54, 1.807) is 0 Å². The second-order valence-electron chi connectivity index (χ2n) is 4.65. The molecule has 5 nitrogen and oxygen atoms in total. The Kier molecular flexibility index (Phi) is 4.76. The molecule has 0 spiro atoms. The van der Waals surface area contributed by atoms with Crippen LogP contribution in [0.15, 0.2) is 0 Å². The monoisotopic (exact) mass is 242 g/mol. The smallest absolute Gasteiger partial charge is 0.239 e. The molecular formula is C12H22N2O3. The standard InChI is InChI=1S/C12H22N2O3/c1-2-4-13-11-3-5-14(12(11)15)8-10-9-16-6-7-17-10/h10-11,13H,2-9H2,1H3. The Bertz CT molecular complexity index is 254. The summed E-state index contributed by atoms with van der Waals surface area (Å²) in [7, 11) is 0. The zero-order valence-electron chi connectivity index (χ0n) is 10.5. The van der Waals surface area contributed by atoms with Crippen molar-refractivity contribution in [1.29, 1.82) is 0 Å². The van der Waals surface area contributed by atoms with Gasteiger partial charge in [0.05, 0.1) is 32.0 Å². The fourth-order valence-electron chi connectivity index (χ4n) is 2.32. The number of likely N-dealkylation sites (tertiary alicyclic amines) is 1. The second-order valence-corrected chi connectivity index (χ2v) is 4.65. The van der Waals surface area contributed by atoms with Crippen LogP contribution >= 0.6 is 0 Å². The quantitative estimate of drug-likeness (QED) is 0.737. The van der Waals surface area contributed by atoms with Gasteiger partial charge in [-0.1, -0.05) is 6.92 Å². The van der Waals surface area contributed by atoms with E-state index in [2.05, 4.69) is 12.2 Å². The Hall–Kier alpha value is -0.650. The largest absolute Gasteiger partial charge is 0.376 e. The Morgan fingerprint density at radius 1 is 1.47 bits per heavy atom. The van der Waals surface area contributed by atoms with Crippen molar-refractivity contribution in [3.8, 4) is 0 Å². The molecule has 1 amide bonds. The highest BCUT2D eigenvalue weighted by Crippen LogP contribution is 2.13. The number of nitrogens with one attached hydrogen (secondary N) is 1. The van der Waals surface area contributed by atoms with Crippen molar-refractivity contribution in [3.05, 3.63) is 0 Å². The van der Waals surface area contributed by atoms with Gasteiger partial charge in [-0.15, -0.1) is 0 Å². The van der Waals surface area contributed by atoms with Crippen LogP contribution < -0.4 is 5.32 Å². The van der Waals surface area contributed by atoms with E-state index in [0.29, 0.717) is 26.4 Å². The Labute approximate surface area is 102 Å². The first-order chi connectivity index (χ1) is 8.31. The van der Waals surface area contributed by atoms with E-state index in [4.69, 9.17) is 9.47 Å². The first-order valence-electron chi connectivity index (χ1n) is 6.52. The molecule has 0 aromatic rings. The number of rotatable bonds is 5. The maximum atomic E-state index is 12.1. The summed E-state index contributed by atoms with van der Waals surface area (Å²) in [5, 5.41) is 3.28. The lowest BCUT2D eigenvalue weighted by atomic mass is 10.2. The van der Waals surface area contributed by atoms with Gasteiger partial charge in [0.15, 0.2) is 0 Å². The van der Waals surface area contributed by atoms with Gasteiger partial charge < -0.3 is 19.7 Å². The highest BCUT2D eigenvalue weighted by atomic mass is 16.6. The van der Waals surface area contributed by atoms with E-state index < -0.39 is 0 Å². The van der Waals surface area contributed by atoms with Crippen LogP contribution in [0.5, 0.6) is 0 Å². The van der Waals surface area contributed by atoms with Crippen molar-refractivity contribution < 1.29 is 14.3 Å². The lowest BCUT2D eigenvalue weighted by molar-refractivity contribution is -0.135. The summed E-state index contributed by atoms with van der Waals surface area (Å²) >= 11 is 0. The number of nitrogens with zero attached hydrogens (tertiary/aromatic N) is 1. The van der Waals surface area contributed by atoms with Gasteiger partial charge in [0.2, 0.25) is 5.91 Å². The number of ether oxygens (including phenoxy) is 2. The lowest BCUT2D eigenvalue weighted by Gasteiger charge is -2.27. The van der Waals surface area contributed by atoms with E-state index in [1.807, 2.05) is 4.90 Å². The van der Waals surface area contributed by atoms with Crippen LogP contribution in [0.3, 0.4) is 0 Å². The molecule has 17 heavy (non-hydrogen) atoms. The molecule has 0 radical (unpaired) electrons. The third-order valence-electron chi connectivity index (χ3n) is 3.25. The average molecular weight is 242 g/mol. The molecule has 1 N–H and O–H groups in total. The highest BCUT2D eigenvalue weighted by Gasteiger charge is 2.32. The predicted octanol–water partition coefficient (Wildman–Crippen LogP) is 0.00230. The predicted molar refractivity (Wildman–Crippen MR) is 63.8 cm³/mol. The molecule has 2 atom stereocenters. The summed E-state index contributed by atoms with van der Waals surface area (Å²) in [5.74, 6) is 0.215. The molecule has 2 saturated heterocycles. The van der Waals surface area contributed by atoms with Crippen molar-refractivity contribution in [2.24, 2.45) is 0 Å². The molecule has 2 rings (SSSR count). The molecular weight excluding hydrogens is 220 g/mol. The van der Waals surface area contributed by atoms with Gasteiger partial charge in [-0.25, -0.2) is 0 Å². The van der Waals surface area contributed by atoms with Gasteiger partial charge in [0, 0.05) is 13.1 Å². The summed E-state index contributed by atoms with van der Waals surface area (Å²) in [5.41, 5.74) is 0. The molecule has 0 bridgehead atoms. The van der Waals surface area contributed by atoms with Crippen LogP contribution in [0.2, 0.25) is 0 Å².